The van der Waals surface area contributed by atoms with E-state index >= 15 is 0 Å². The average Bonchev–Trinajstić information content (AvgIpc) is 3.28. The maximum atomic E-state index is 12.8. The molecule has 0 N–H and O–H groups in total. The maximum absolute atomic E-state index is 12.8. The highest BCUT2D eigenvalue weighted by atomic mass is 32.2. The van der Waals surface area contributed by atoms with E-state index in [0.29, 0.717) is 23.4 Å². The second-order valence-corrected chi connectivity index (χ2v) is 7.70. The number of hydrogen-bond donors (Lipinski definition) is 0. The van der Waals surface area contributed by atoms with Crippen molar-refractivity contribution in [3.8, 4) is 11.7 Å². The third-order valence-corrected chi connectivity index (χ3v) is 4.56. The number of carbonyl (C=O) groups excluding carboxylic acids is 1. The van der Waals surface area contributed by atoms with Gasteiger partial charge in [0.2, 0.25) is 5.91 Å². The Labute approximate surface area is 156 Å². The lowest BCUT2D eigenvalue weighted by Gasteiger charge is -2.35. The van der Waals surface area contributed by atoms with Crippen molar-refractivity contribution in [2.45, 2.75) is 38.1 Å². The molecule has 1 amide bonds. The van der Waals surface area contributed by atoms with Gasteiger partial charge in [0.25, 0.3) is 11.1 Å². The first-order valence-electron chi connectivity index (χ1n) is 8.28. The van der Waals surface area contributed by atoms with Gasteiger partial charge in [0.1, 0.15) is 0 Å². The monoisotopic (exact) mass is 371 g/mol. The van der Waals surface area contributed by atoms with Crippen molar-refractivity contribution in [1.82, 2.24) is 15.1 Å². The van der Waals surface area contributed by atoms with Crippen molar-refractivity contribution in [3.63, 3.8) is 0 Å². The topological polar surface area (TPSA) is 72.4 Å². The molecule has 0 aliphatic carbocycles. The molecule has 0 radical (unpaired) electrons. The number of furan rings is 1. The second kappa shape index (κ2) is 7.78. The summed E-state index contributed by atoms with van der Waals surface area (Å²) in [6.45, 7) is 6.64. The number of thioether (sulfide) groups is 1. The average molecular weight is 371 g/mol. The summed E-state index contributed by atoms with van der Waals surface area (Å²) in [4.78, 5) is 14.7. The van der Waals surface area contributed by atoms with Gasteiger partial charge in [-0.1, -0.05) is 42.1 Å². The minimum Gasteiger partial charge on any atom is -0.459 e. The van der Waals surface area contributed by atoms with Crippen molar-refractivity contribution < 1.29 is 13.6 Å². The van der Waals surface area contributed by atoms with E-state index < -0.39 is 0 Å². The van der Waals surface area contributed by atoms with Gasteiger partial charge in [0.05, 0.1) is 12.0 Å². The fourth-order valence-corrected chi connectivity index (χ4v) is 3.07. The molecule has 0 atom stereocenters. The van der Waals surface area contributed by atoms with E-state index in [0.717, 1.165) is 5.56 Å². The third-order valence-electron chi connectivity index (χ3n) is 3.75. The molecule has 2 heterocycles. The lowest BCUT2D eigenvalue weighted by molar-refractivity contribution is -0.133. The SMILES string of the molecule is CC(C)(C)N(Cc1ccccc1)C(=O)CSc1nnc(-c2ccco2)o1. The van der Waals surface area contributed by atoms with E-state index in [1.165, 1.54) is 11.8 Å². The summed E-state index contributed by atoms with van der Waals surface area (Å²) >= 11 is 1.23. The fraction of sp³-hybridized carbons (Fsp3) is 0.316. The molecule has 0 saturated carbocycles. The summed E-state index contributed by atoms with van der Waals surface area (Å²) in [6, 6.07) is 13.5. The third kappa shape index (κ3) is 4.54. The minimum absolute atomic E-state index is 0.0177. The van der Waals surface area contributed by atoms with Gasteiger partial charge in [-0.3, -0.25) is 4.79 Å². The summed E-state index contributed by atoms with van der Waals surface area (Å²) in [6.07, 6.45) is 1.54. The molecule has 0 aliphatic heterocycles. The zero-order valence-corrected chi connectivity index (χ0v) is 15.8. The lowest BCUT2D eigenvalue weighted by atomic mass is 10.0. The predicted molar refractivity (Wildman–Crippen MR) is 99.5 cm³/mol. The molecule has 26 heavy (non-hydrogen) atoms. The highest BCUT2D eigenvalue weighted by Crippen LogP contribution is 2.25. The summed E-state index contributed by atoms with van der Waals surface area (Å²) < 4.78 is 10.8. The lowest BCUT2D eigenvalue weighted by Crippen LogP contribution is -2.45. The van der Waals surface area contributed by atoms with Gasteiger partial charge >= 0.3 is 0 Å². The molecule has 6 nitrogen and oxygen atoms in total. The first-order chi connectivity index (χ1) is 12.4. The Balaban J connectivity index is 1.64. The molecule has 7 heteroatoms. The molecular weight excluding hydrogens is 350 g/mol. The minimum atomic E-state index is -0.290. The van der Waals surface area contributed by atoms with Crippen molar-refractivity contribution in [2.75, 3.05) is 5.75 Å². The van der Waals surface area contributed by atoms with E-state index in [1.807, 2.05) is 56.0 Å². The summed E-state index contributed by atoms with van der Waals surface area (Å²) in [7, 11) is 0. The molecule has 0 bridgehead atoms. The fourth-order valence-electron chi connectivity index (χ4n) is 2.43. The van der Waals surface area contributed by atoms with Crippen LogP contribution >= 0.6 is 11.8 Å². The van der Waals surface area contributed by atoms with E-state index in [4.69, 9.17) is 8.83 Å². The largest absolute Gasteiger partial charge is 0.459 e. The van der Waals surface area contributed by atoms with Crippen LogP contribution in [-0.2, 0) is 11.3 Å². The summed E-state index contributed by atoms with van der Waals surface area (Å²) in [5, 5.41) is 8.25. The van der Waals surface area contributed by atoms with Crippen LogP contribution in [0.15, 0.2) is 62.8 Å². The molecule has 1 aromatic carbocycles. The highest BCUT2D eigenvalue weighted by Gasteiger charge is 2.27. The number of nitrogens with zero attached hydrogens (tertiary/aromatic N) is 3. The van der Waals surface area contributed by atoms with Crippen molar-refractivity contribution in [3.05, 3.63) is 54.3 Å². The Morgan fingerprint density at radius 2 is 1.88 bits per heavy atom. The van der Waals surface area contributed by atoms with E-state index in [-0.39, 0.29) is 17.2 Å². The zero-order valence-electron chi connectivity index (χ0n) is 15.0. The second-order valence-electron chi connectivity index (χ2n) is 6.78. The molecule has 136 valence electrons. The number of rotatable bonds is 6. The van der Waals surface area contributed by atoms with Gasteiger partial charge in [-0.15, -0.1) is 10.2 Å². The van der Waals surface area contributed by atoms with Crippen molar-refractivity contribution >= 4 is 17.7 Å². The van der Waals surface area contributed by atoms with E-state index in [1.54, 1.807) is 18.4 Å². The van der Waals surface area contributed by atoms with Crippen LogP contribution in [0.3, 0.4) is 0 Å². The molecule has 0 fully saturated rings. The Bertz CT molecular complexity index is 839. The summed E-state index contributed by atoms with van der Waals surface area (Å²) in [5.41, 5.74) is 0.806. The quantitative estimate of drug-likeness (QED) is 0.603. The van der Waals surface area contributed by atoms with Gasteiger partial charge in [-0.2, -0.15) is 0 Å². The smallest absolute Gasteiger partial charge is 0.284 e. The van der Waals surface area contributed by atoms with Crippen LogP contribution in [0.2, 0.25) is 0 Å². The van der Waals surface area contributed by atoms with Gasteiger partial charge in [-0.05, 0) is 38.5 Å². The van der Waals surface area contributed by atoms with Crippen LogP contribution in [0.1, 0.15) is 26.3 Å². The first-order valence-corrected chi connectivity index (χ1v) is 9.26. The molecule has 0 saturated heterocycles. The molecule has 3 rings (SSSR count). The van der Waals surface area contributed by atoms with Gasteiger partial charge in [0.15, 0.2) is 5.76 Å². The van der Waals surface area contributed by atoms with Crippen LogP contribution in [0.5, 0.6) is 0 Å². The predicted octanol–water partition coefficient (Wildman–Crippen LogP) is 4.25. The van der Waals surface area contributed by atoms with Gasteiger partial charge < -0.3 is 13.7 Å². The van der Waals surface area contributed by atoms with Crippen molar-refractivity contribution in [1.29, 1.82) is 0 Å². The first kappa shape index (κ1) is 18.3. The van der Waals surface area contributed by atoms with Crippen molar-refractivity contribution in [2.24, 2.45) is 0 Å². The summed E-state index contributed by atoms with van der Waals surface area (Å²) in [5.74, 6) is 1.06. The van der Waals surface area contributed by atoms with E-state index in [9.17, 15) is 4.79 Å². The standard InChI is InChI=1S/C19H21N3O3S/c1-19(2,3)22(12-14-8-5-4-6-9-14)16(23)13-26-18-21-20-17(25-18)15-10-7-11-24-15/h4-11H,12-13H2,1-3H3. The van der Waals surface area contributed by atoms with Crippen LogP contribution < -0.4 is 0 Å². The number of amides is 1. The van der Waals surface area contributed by atoms with Gasteiger partial charge in [-0.25, -0.2) is 0 Å². The number of hydrogen-bond acceptors (Lipinski definition) is 6. The van der Waals surface area contributed by atoms with Crippen LogP contribution in [0.4, 0.5) is 0 Å². The Morgan fingerprint density at radius 1 is 1.12 bits per heavy atom. The number of aromatic nitrogens is 2. The maximum Gasteiger partial charge on any atom is 0.284 e. The Morgan fingerprint density at radius 3 is 2.54 bits per heavy atom. The van der Waals surface area contributed by atoms with Crippen LogP contribution in [0.25, 0.3) is 11.7 Å². The molecule has 2 aromatic heterocycles. The Hall–Kier alpha value is -2.54. The molecule has 0 spiro atoms. The molecule has 0 aliphatic rings. The highest BCUT2D eigenvalue weighted by molar-refractivity contribution is 7.99. The zero-order chi connectivity index (χ0) is 18.6. The molecule has 3 aromatic rings. The number of benzene rings is 1. The molecular formula is C19H21N3O3S. The van der Waals surface area contributed by atoms with E-state index in [2.05, 4.69) is 10.2 Å². The number of carbonyl (C=O) groups is 1. The van der Waals surface area contributed by atoms with Crippen LogP contribution in [-0.4, -0.2) is 32.3 Å². The normalized spacial score (nSPS) is 11.5. The van der Waals surface area contributed by atoms with Gasteiger partial charge in [0, 0.05) is 12.1 Å². The Kier molecular flexibility index (Phi) is 5.46. The van der Waals surface area contributed by atoms with Crippen LogP contribution in [0, 0.1) is 0 Å². The molecule has 0 unspecified atom stereocenters.